The molecule has 9 nitrogen and oxygen atoms in total. The van der Waals surface area contributed by atoms with Crippen LogP contribution < -0.4 is 19.8 Å². The van der Waals surface area contributed by atoms with Gasteiger partial charge in [0.25, 0.3) is 21.8 Å². The Hall–Kier alpha value is -5.10. The van der Waals surface area contributed by atoms with Crippen LogP contribution >= 0.6 is 0 Å². The number of carbonyl (C=O) groups is 2. The summed E-state index contributed by atoms with van der Waals surface area (Å²) in [6.45, 7) is 0.805. The van der Waals surface area contributed by atoms with Gasteiger partial charge in [0, 0.05) is 5.69 Å². The van der Waals surface area contributed by atoms with E-state index in [2.05, 4.69) is 15.8 Å². The number of para-hydroxylation sites is 1. The van der Waals surface area contributed by atoms with E-state index in [9.17, 15) is 26.8 Å². The summed E-state index contributed by atoms with van der Waals surface area (Å²) in [7, 11) is -4.28. The average molecular weight is 593 g/mol. The highest BCUT2D eigenvalue weighted by molar-refractivity contribution is 7.92. The van der Waals surface area contributed by atoms with Crippen LogP contribution in [0.1, 0.15) is 11.1 Å². The highest BCUT2D eigenvalue weighted by Crippen LogP contribution is 2.26. The van der Waals surface area contributed by atoms with E-state index in [0.717, 1.165) is 11.6 Å². The number of anilines is 2. The van der Waals surface area contributed by atoms with Gasteiger partial charge in [0.05, 0.1) is 16.8 Å². The van der Waals surface area contributed by atoms with Gasteiger partial charge in [-0.25, -0.2) is 22.6 Å². The van der Waals surface area contributed by atoms with E-state index < -0.39 is 40.0 Å². The van der Waals surface area contributed by atoms with E-state index in [0.29, 0.717) is 21.3 Å². The van der Waals surface area contributed by atoms with E-state index in [-0.39, 0.29) is 17.2 Å². The fraction of sp³-hybridized carbons (Fsp3) is 0.100. The lowest BCUT2D eigenvalue weighted by Gasteiger charge is -2.24. The van der Waals surface area contributed by atoms with E-state index in [1.165, 1.54) is 60.8 Å². The third-order valence-corrected chi connectivity index (χ3v) is 7.57. The standard InChI is InChI=1S/C30H26F2N4O5S/c1-21-6-16-26(17-7-21)42(39,40)36(28-5-3-2-4-27(28)32)19-29(37)35-33-18-22-8-14-25(15-9-22)41-20-30(38)34-24-12-10-23(31)11-13-24/h2-18H,19-20H2,1H3,(H,34,38)(H,35,37)/b33-18-. The highest BCUT2D eigenvalue weighted by Gasteiger charge is 2.29. The second-order valence-electron chi connectivity index (χ2n) is 8.98. The Morgan fingerprint density at radius 3 is 2.21 bits per heavy atom. The molecular formula is C30H26F2N4O5S. The lowest BCUT2D eigenvalue weighted by Crippen LogP contribution is -2.40. The van der Waals surface area contributed by atoms with Gasteiger partial charge in [-0.05, 0) is 85.3 Å². The van der Waals surface area contributed by atoms with Crippen LogP contribution in [-0.2, 0) is 19.6 Å². The number of hydrogen-bond acceptors (Lipinski definition) is 6. The first-order valence-corrected chi connectivity index (χ1v) is 14.0. The highest BCUT2D eigenvalue weighted by atomic mass is 32.2. The lowest BCUT2D eigenvalue weighted by atomic mass is 10.2. The number of nitrogens with zero attached hydrogens (tertiary/aromatic N) is 2. The molecule has 0 aromatic heterocycles. The van der Waals surface area contributed by atoms with Crippen LogP contribution in [0.4, 0.5) is 20.2 Å². The van der Waals surface area contributed by atoms with E-state index in [1.54, 1.807) is 43.3 Å². The molecule has 0 unspecified atom stereocenters. The molecule has 4 rings (SSSR count). The molecule has 0 heterocycles. The molecule has 0 aliphatic carbocycles. The Labute approximate surface area is 241 Å². The van der Waals surface area contributed by atoms with Crippen molar-refractivity contribution in [1.82, 2.24) is 5.43 Å². The third kappa shape index (κ3) is 7.98. The number of hydrazone groups is 1. The minimum atomic E-state index is -4.28. The van der Waals surface area contributed by atoms with Gasteiger partial charge in [0.1, 0.15) is 23.9 Å². The summed E-state index contributed by atoms with van der Waals surface area (Å²) in [5, 5.41) is 6.45. The molecular weight excluding hydrogens is 566 g/mol. The van der Waals surface area contributed by atoms with Gasteiger partial charge < -0.3 is 10.1 Å². The van der Waals surface area contributed by atoms with E-state index >= 15 is 0 Å². The molecule has 42 heavy (non-hydrogen) atoms. The van der Waals surface area contributed by atoms with Crippen LogP contribution in [0.15, 0.2) is 107 Å². The molecule has 0 saturated heterocycles. The fourth-order valence-electron chi connectivity index (χ4n) is 3.66. The van der Waals surface area contributed by atoms with Crippen LogP contribution in [-0.4, -0.2) is 39.6 Å². The lowest BCUT2D eigenvalue weighted by molar-refractivity contribution is -0.119. The maximum absolute atomic E-state index is 14.6. The number of ether oxygens (including phenoxy) is 1. The van der Waals surface area contributed by atoms with Crippen LogP contribution in [0.25, 0.3) is 0 Å². The van der Waals surface area contributed by atoms with Gasteiger partial charge in [-0.1, -0.05) is 29.8 Å². The first-order chi connectivity index (χ1) is 20.1. The summed E-state index contributed by atoms with van der Waals surface area (Å²) in [6, 6.07) is 23.0. The molecule has 216 valence electrons. The zero-order chi connectivity index (χ0) is 30.1. The van der Waals surface area contributed by atoms with Crippen molar-refractivity contribution >= 4 is 39.4 Å². The summed E-state index contributed by atoms with van der Waals surface area (Å²) in [5.41, 5.74) is 3.82. The van der Waals surface area contributed by atoms with Crippen molar-refractivity contribution in [3.05, 3.63) is 120 Å². The number of benzene rings is 4. The van der Waals surface area contributed by atoms with Crippen molar-refractivity contribution in [2.45, 2.75) is 11.8 Å². The van der Waals surface area contributed by atoms with Crippen molar-refractivity contribution in [2.75, 3.05) is 22.8 Å². The first-order valence-electron chi connectivity index (χ1n) is 12.6. The molecule has 0 atom stereocenters. The van der Waals surface area contributed by atoms with E-state index in [1.807, 2.05) is 0 Å². The second kappa shape index (κ2) is 13.5. The molecule has 4 aromatic rings. The number of sulfonamides is 1. The molecule has 0 spiro atoms. The molecule has 0 saturated carbocycles. The molecule has 4 aromatic carbocycles. The number of halogens is 2. The molecule has 0 fully saturated rings. The number of aryl methyl sites for hydroxylation is 1. The molecule has 0 aliphatic rings. The minimum Gasteiger partial charge on any atom is -0.484 e. The topological polar surface area (TPSA) is 117 Å². The zero-order valence-corrected chi connectivity index (χ0v) is 23.1. The molecule has 0 radical (unpaired) electrons. The van der Waals surface area contributed by atoms with Gasteiger partial charge in [-0.3, -0.25) is 13.9 Å². The van der Waals surface area contributed by atoms with Gasteiger partial charge in [-0.15, -0.1) is 0 Å². The SMILES string of the molecule is Cc1ccc(S(=O)(=O)N(CC(=O)N/N=C\c2ccc(OCC(=O)Nc3ccc(F)cc3)cc2)c2ccccc2F)cc1. The van der Waals surface area contributed by atoms with Crippen molar-refractivity contribution < 1.29 is 31.5 Å². The maximum atomic E-state index is 14.6. The monoisotopic (exact) mass is 592 g/mol. The summed E-state index contributed by atoms with van der Waals surface area (Å²) < 4.78 is 60.4. The van der Waals surface area contributed by atoms with Gasteiger partial charge in [0.15, 0.2) is 6.61 Å². The van der Waals surface area contributed by atoms with Crippen LogP contribution in [0, 0.1) is 18.6 Å². The number of carbonyl (C=O) groups excluding carboxylic acids is 2. The predicted molar refractivity (Wildman–Crippen MR) is 155 cm³/mol. The molecule has 2 N–H and O–H groups in total. The van der Waals surface area contributed by atoms with E-state index in [4.69, 9.17) is 4.74 Å². The molecule has 0 bridgehead atoms. The summed E-state index contributed by atoms with van der Waals surface area (Å²) in [5.74, 6) is -2.05. The first kappa shape index (κ1) is 29.9. The van der Waals surface area contributed by atoms with Gasteiger partial charge >= 0.3 is 0 Å². The Bertz CT molecular complexity index is 1680. The Kier molecular flexibility index (Phi) is 9.61. The smallest absolute Gasteiger partial charge is 0.264 e. The van der Waals surface area contributed by atoms with Gasteiger partial charge in [-0.2, -0.15) is 5.10 Å². The van der Waals surface area contributed by atoms with Crippen LogP contribution in [0.3, 0.4) is 0 Å². The molecule has 12 heteroatoms. The second-order valence-corrected chi connectivity index (χ2v) is 10.8. The molecule has 2 amide bonds. The Morgan fingerprint density at radius 1 is 0.881 bits per heavy atom. The largest absolute Gasteiger partial charge is 0.484 e. The van der Waals surface area contributed by atoms with Crippen molar-refractivity contribution in [2.24, 2.45) is 5.10 Å². The number of hydrogen-bond donors (Lipinski definition) is 2. The summed E-state index contributed by atoms with van der Waals surface area (Å²) >= 11 is 0. The number of amides is 2. The van der Waals surface area contributed by atoms with Crippen LogP contribution in [0.2, 0.25) is 0 Å². The summed E-state index contributed by atoms with van der Waals surface area (Å²) in [6.07, 6.45) is 1.32. The average Bonchev–Trinajstić information content (AvgIpc) is 2.97. The van der Waals surface area contributed by atoms with Gasteiger partial charge in [0.2, 0.25) is 0 Å². The fourth-order valence-corrected chi connectivity index (χ4v) is 5.09. The van der Waals surface area contributed by atoms with Crippen molar-refractivity contribution in [3.8, 4) is 5.75 Å². The third-order valence-electron chi connectivity index (χ3n) is 5.80. The maximum Gasteiger partial charge on any atom is 0.264 e. The Morgan fingerprint density at radius 2 is 1.55 bits per heavy atom. The Balaban J connectivity index is 1.35. The minimum absolute atomic E-state index is 0.0945. The quantitative estimate of drug-likeness (QED) is 0.195. The van der Waals surface area contributed by atoms with Crippen molar-refractivity contribution in [1.29, 1.82) is 0 Å². The molecule has 0 aliphatic heterocycles. The van der Waals surface area contributed by atoms with Crippen LogP contribution in [0.5, 0.6) is 5.75 Å². The number of rotatable bonds is 11. The van der Waals surface area contributed by atoms with Crippen molar-refractivity contribution in [3.63, 3.8) is 0 Å². The number of nitrogens with one attached hydrogen (secondary N) is 2. The normalized spacial score (nSPS) is 11.2. The summed E-state index contributed by atoms with van der Waals surface area (Å²) in [4.78, 5) is 24.6. The predicted octanol–water partition coefficient (Wildman–Crippen LogP) is 4.64. The zero-order valence-electron chi connectivity index (χ0n) is 22.3.